The van der Waals surface area contributed by atoms with Crippen molar-refractivity contribution in [3.05, 3.63) is 0 Å². The zero-order valence-electron chi connectivity index (χ0n) is 7.33. The Bertz CT molecular complexity index is 203. The zero-order chi connectivity index (χ0) is 8.43. The van der Waals surface area contributed by atoms with Crippen LogP contribution in [0.5, 0.6) is 0 Å². The van der Waals surface area contributed by atoms with Crippen LogP contribution in [0.25, 0.3) is 0 Å². The van der Waals surface area contributed by atoms with Crippen molar-refractivity contribution in [3.63, 3.8) is 0 Å². The van der Waals surface area contributed by atoms with E-state index in [1.165, 1.54) is 5.71 Å². The lowest BCUT2D eigenvalue weighted by atomic mass is 9.92. The molecule has 0 aromatic heterocycles. The normalized spacial score (nSPS) is 24.9. The zero-order valence-corrected chi connectivity index (χ0v) is 7.33. The Hall–Kier alpha value is -0.860. The molecule has 3 nitrogen and oxygen atoms in total. The average Bonchev–Trinajstić information content (AvgIpc) is 1.85. The third kappa shape index (κ3) is 1.79. The van der Waals surface area contributed by atoms with E-state index in [1.54, 1.807) is 0 Å². The number of hydrogen-bond donors (Lipinski definition) is 1. The van der Waals surface area contributed by atoms with E-state index in [2.05, 4.69) is 31.0 Å². The molecular formula is C8H15N3. The molecule has 1 unspecified atom stereocenters. The maximum absolute atomic E-state index is 5.53. The lowest BCUT2D eigenvalue weighted by molar-refractivity contribution is 0.706. The van der Waals surface area contributed by atoms with Gasteiger partial charge in [0.1, 0.15) is 5.84 Å². The van der Waals surface area contributed by atoms with E-state index in [0.29, 0.717) is 17.7 Å². The quantitative estimate of drug-likeness (QED) is 0.608. The van der Waals surface area contributed by atoms with Crippen LogP contribution in [0.3, 0.4) is 0 Å². The van der Waals surface area contributed by atoms with Gasteiger partial charge in [0.05, 0.1) is 0 Å². The minimum atomic E-state index is 0.465. The molecular weight excluding hydrogens is 138 g/mol. The molecule has 1 atom stereocenters. The first-order valence-electron chi connectivity index (χ1n) is 4.01. The topological polar surface area (TPSA) is 50.7 Å². The predicted octanol–water partition coefficient (Wildman–Crippen LogP) is 1.40. The SMILES string of the molecule is CC(C)C1=NN=C(N)CC1C. The molecule has 0 aliphatic carbocycles. The van der Waals surface area contributed by atoms with Crippen LogP contribution in [0.1, 0.15) is 27.2 Å². The second kappa shape index (κ2) is 3.03. The molecule has 11 heavy (non-hydrogen) atoms. The van der Waals surface area contributed by atoms with Crippen LogP contribution in [0.2, 0.25) is 0 Å². The van der Waals surface area contributed by atoms with Crippen molar-refractivity contribution in [2.45, 2.75) is 27.2 Å². The highest BCUT2D eigenvalue weighted by Crippen LogP contribution is 2.16. The minimum absolute atomic E-state index is 0.465. The molecule has 2 N–H and O–H groups in total. The van der Waals surface area contributed by atoms with Crippen molar-refractivity contribution in [1.29, 1.82) is 0 Å². The van der Waals surface area contributed by atoms with E-state index in [4.69, 9.17) is 5.73 Å². The molecule has 1 aliphatic rings. The van der Waals surface area contributed by atoms with E-state index < -0.39 is 0 Å². The highest BCUT2D eigenvalue weighted by atomic mass is 15.2. The van der Waals surface area contributed by atoms with Crippen LogP contribution >= 0.6 is 0 Å². The Morgan fingerprint density at radius 1 is 1.45 bits per heavy atom. The minimum Gasteiger partial charge on any atom is -0.386 e. The van der Waals surface area contributed by atoms with E-state index in [1.807, 2.05) is 0 Å². The fourth-order valence-corrected chi connectivity index (χ4v) is 1.36. The lowest BCUT2D eigenvalue weighted by Crippen LogP contribution is -2.27. The first-order valence-corrected chi connectivity index (χ1v) is 4.01. The maximum Gasteiger partial charge on any atom is 0.123 e. The molecule has 0 aromatic carbocycles. The van der Waals surface area contributed by atoms with E-state index in [-0.39, 0.29) is 0 Å². The molecule has 0 saturated heterocycles. The first-order chi connectivity index (χ1) is 5.11. The predicted molar refractivity (Wildman–Crippen MR) is 47.7 cm³/mol. The second-order valence-electron chi connectivity index (χ2n) is 3.38. The van der Waals surface area contributed by atoms with Gasteiger partial charge in [0.15, 0.2) is 0 Å². The van der Waals surface area contributed by atoms with E-state index in [9.17, 15) is 0 Å². The Morgan fingerprint density at radius 3 is 2.55 bits per heavy atom. The Kier molecular flexibility index (Phi) is 2.27. The number of rotatable bonds is 1. The second-order valence-corrected chi connectivity index (χ2v) is 3.38. The molecule has 0 radical (unpaired) electrons. The summed E-state index contributed by atoms with van der Waals surface area (Å²) in [6, 6.07) is 0. The van der Waals surface area contributed by atoms with E-state index in [0.717, 1.165) is 6.42 Å². The smallest absolute Gasteiger partial charge is 0.123 e. The molecule has 62 valence electrons. The van der Waals surface area contributed by atoms with Gasteiger partial charge in [-0.25, -0.2) is 0 Å². The monoisotopic (exact) mass is 153 g/mol. The third-order valence-corrected chi connectivity index (χ3v) is 1.91. The van der Waals surface area contributed by atoms with Crippen LogP contribution in [0.15, 0.2) is 10.2 Å². The van der Waals surface area contributed by atoms with Crippen molar-refractivity contribution in [3.8, 4) is 0 Å². The summed E-state index contributed by atoms with van der Waals surface area (Å²) < 4.78 is 0. The van der Waals surface area contributed by atoms with Crippen molar-refractivity contribution in [2.75, 3.05) is 0 Å². The van der Waals surface area contributed by atoms with Gasteiger partial charge in [0.2, 0.25) is 0 Å². The summed E-state index contributed by atoms with van der Waals surface area (Å²) in [5.74, 6) is 1.61. The summed E-state index contributed by atoms with van der Waals surface area (Å²) in [5.41, 5.74) is 6.70. The van der Waals surface area contributed by atoms with E-state index >= 15 is 0 Å². The summed E-state index contributed by atoms with van der Waals surface area (Å²) in [5, 5.41) is 7.94. The standard InChI is InChI=1S/C8H15N3/c1-5(2)8-6(3)4-7(9)10-11-8/h5-6H,4H2,1-3H3,(H2,9,10). The molecule has 1 aliphatic heterocycles. The van der Waals surface area contributed by atoms with Gasteiger partial charge in [-0.1, -0.05) is 20.8 Å². The molecule has 3 heteroatoms. The van der Waals surface area contributed by atoms with Crippen molar-refractivity contribution >= 4 is 11.5 Å². The van der Waals surface area contributed by atoms with Gasteiger partial charge < -0.3 is 5.73 Å². The summed E-state index contributed by atoms with van der Waals surface area (Å²) >= 11 is 0. The highest BCUT2D eigenvalue weighted by molar-refractivity contribution is 5.95. The van der Waals surface area contributed by atoms with Gasteiger partial charge >= 0.3 is 0 Å². The van der Waals surface area contributed by atoms with Gasteiger partial charge in [0.25, 0.3) is 0 Å². The Labute approximate surface area is 67.4 Å². The maximum atomic E-state index is 5.53. The molecule has 0 bridgehead atoms. The van der Waals surface area contributed by atoms with Crippen molar-refractivity contribution in [2.24, 2.45) is 27.8 Å². The third-order valence-electron chi connectivity index (χ3n) is 1.91. The largest absolute Gasteiger partial charge is 0.386 e. The first kappa shape index (κ1) is 8.24. The van der Waals surface area contributed by atoms with Crippen LogP contribution in [-0.2, 0) is 0 Å². The van der Waals surface area contributed by atoms with Crippen LogP contribution in [-0.4, -0.2) is 11.5 Å². The summed E-state index contributed by atoms with van der Waals surface area (Å²) in [7, 11) is 0. The number of nitrogens with zero attached hydrogens (tertiary/aromatic N) is 2. The molecule has 0 amide bonds. The molecule has 0 aromatic rings. The Balaban J connectivity index is 2.78. The molecule has 0 spiro atoms. The van der Waals surface area contributed by atoms with Crippen molar-refractivity contribution in [1.82, 2.24) is 0 Å². The number of nitrogens with two attached hydrogens (primary N) is 1. The van der Waals surface area contributed by atoms with Gasteiger partial charge in [-0.15, -0.1) is 5.10 Å². The fourth-order valence-electron chi connectivity index (χ4n) is 1.36. The highest BCUT2D eigenvalue weighted by Gasteiger charge is 2.18. The van der Waals surface area contributed by atoms with Gasteiger partial charge in [-0.2, -0.15) is 5.10 Å². The molecule has 1 heterocycles. The summed E-state index contributed by atoms with van der Waals surface area (Å²) in [6.45, 7) is 6.40. The molecule has 0 saturated carbocycles. The number of hydrogen-bond acceptors (Lipinski definition) is 3. The van der Waals surface area contributed by atoms with Gasteiger partial charge in [0, 0.05) is 18.1 Å². The lowest BCUT2D eigenvalue weighted by Gasteiger charge is -2.19. The molecule has 1 rings (SSSR count). The molecule has 0 fully saturated rings. The average molecular weight is 153 g/mol. The Morgan fingerprint density at radius 2 is 2.09 bits per heavy atom. The van der Waals surface area contributed by atoms with Crippen LogP contribution < -0.4 is 5.73 Å². The summed E-state index contributed by atoms with van der Waals surface area (Å²) in [6.07, 6.45) is 0.858. The van der Waals surface area contributed by atoms with Gasteiger partial charge in [-0.05, 0) is 5.92 Å². The number of amidine groups is 1. The summed E-state index contributed by atoms with van der Waals surface area (Å²) in [4.78, 5) is 0. The van der Waals surface area contributed by atoms with Crippen LogP contribution in [0.4, 0.5) is 0 Å². The fraction of sp³-hybridized carbons (Fsp3) is 0.750. The van der Waals surface area contributed by atoms with Crippen molar-refractivity contribution < 1.29 is 0 Å². The van der Waals surface area contributed by atoms with Gasteiger partial charge in [-0.3, -0.25) is 0 Å². The van der Waals surface area contributed by atoms with Crippen LogP contribution in [0, 0.1) is 11.8 Å².